The largest absolute Gasteiger partial charge is 0.396 e. The molecule has 0 radical (unpaired) electrons. The first kappa shape index (κ1) is 27.9. The van der Waals surface area contributed by atoms with Crippen molar-refractivity contribution in [3.63, 3.8) is 0 Å². The molecule has 2 heterocycles. The minimum Gasteiger partial charge on any atom is -0.396 e. The number of halogens is 4. The summed E-state index contributed by atoms with van der Waals surface area (Å²) in [7, 11) is 0. The van der Waals surface area contributed by atoms with E-state index in [2.05, 4.69) is 102 Å². The Hall–Kier alpha value is -0.310. The van der Waals surface area contributed by atoms with E-state index in [4.69, 9.17) is 5.11 Å². The molecule has 0 aliphatic heterocycles. The zero-order chi connectivity index (χ0) is 23.5. The average molecular weight is 714 g/mol. The number of nitrogens with zero attached hydrogens (tertiary/aromatic N) is 4. The molecular weight excluding hydrogens is 687 g/mol. The number of hydrogen-bond acceptors (Lipinski definition) is 3. The van der Waals surface area contributed by atoms with Gasteiger partial charge in [-0.25, -0.2) is 0 Å². The molecule has 2 atom stereocenters. The second kappa shape index (κ2) is 14.8. The molecule has 0 aliphatic carbocycles. The Kier molecular flexibility index (Phi) is 13.0. The molecule has 0 amide bonds. The van der Waals surface area contributed by atoms with E-state index in [0.717, 1.165) is 29.3 Å². The van der Waals surface area contributed by atoms with Crippen LogP contribution in [0.25, 0.3) is 21.8 Å². The molecule has 4 aromatic rings. The van der Waals surface area contributed by atoms with Crippen LogP contribution in [-0.4, -0.2) is 36.6 Å². The van der Waals surface area contributed by atoms with E-state index in [1.165, 1.54) is 10.9 Å². The highest BCUT2D eigenvalue weighted by Gasteiger charge is 2.06. The predicted octanol–water partition coefficient (Wildman–Crippen LogP) is 8.13. The highest BCUT2D eigenvalue weighted by molar-refractivity contribution is 9.93. The minimum absolute atomic E-state index is 0.183. The number of rotatable bonds is 6. The second-order valence-corrected chi connectivity index (χ2v) is 23.5. The molecule has 1 N–H and O–H groups in total. The van der Waals surface area contributed by atoms with Crippen LogP contribution in [0.15, 0.2) is 60.9 Å². The smallest absolute Gasteiger partial charge is 0.103 e. The Morgan fingerprint density at radius 3 is 1.62 bits per heavy atom. The molecule has 0 unspecified atom stereocenters. The fourth-order valence-corrected chi connectivity index (χ4v) is 3.24. The molecule has 0 saturated carbocycles. The van der Waals surface area contributed by atoms with Gasteiger partial charge in [-0.3, -0.25) is 9.36 Å². The lowest BCUT2D eigenvalue weighted by Gasteiger charge is -2.08. The van der Waals surface area contributed by atoms with Crippen molar-refractivity contribution < 1.29 is 5.11 Å². The molecule has 10 heteroatoms. The maximum Gasteiger partial charge on any atom is 0.103 e. The zero-order valence-electron chi connectivity index (χ0n) is 18.0. The van der Waals surface area contributed by atoms with Crippen LogP contribution in [0, 0.1) is 11.8 Å². The standard InChI is InChI=1S/C11H13BrN2.C11H14N2O.Br3P/c1-9(6-12)8-14-11-5-3-2-4-10(11)7-13-14;1-9(8-14)7-13-11-5-3-2-4-10(11)6-12-13;1-4(2)3/h2-5,7,9H,6,8H2,1H3;2-6,9,14H,7-8H2,1H3;/t2*9-;/m10./s1. The third kappa shape index (κ3) is 9.15. The van der Waals surface area contributed by atoms with E-state index in [9.17, 15) is 0 Å². The maximum atomic E-state index is 8.96. The summed E-state index contributed by atoms with van der Waals surface area (Å²) in [5.74, 6) is 0.858. The third-order valence-corrected chi connectivity index (χ3v) is 5.75. The van der Waals surface area contributed by atoms with Crippen molar-refractivity contribution in [3.05, 3.63) is 60.9 Å². The van der Waals surface area contributed by atoms with Crippen molar-refractivity contribution in [1.82, 2.24) is 19.6 Å². The lowest BCUT2D eigenvalue weighted by atomic mass is 10.2. The first-order chi connectivity index (χ1) is 15.3. The molecule has 0 fully saturated rings. The van der Waals surface area contributed by atoms with E-state index in [-0.39, 0.29) is 16.6 Å². The lowest BCUT2D eigenvalue weighted by molar-refractivity contribution is 0.220. The summed E-state index contributed by atoms with van der Waals surface area (Å²) in [4.78, 5) is 0. The van der Waals surface area contributed by atoms with Crippen molar-refractivity contribution >= 4 is 88.2 Å². The monoisotopic (exact) mass is 710 g/mol. The molecule has 2 aromatic heterocycles. The highest BCUT2D eigenvalue weighted by Crippen LogP contribution is 2.59. The Morgan fingerprint density at radius 2 is 1.22 bits per heavy atom. The molecule has 2 aromatic carbocycles. The summed E-state index contributed by atoms with van der Waals surface area (Å²) in [6.07, 6.45) is 3.79. The Bertz CT molecular complexity index is 987. The van der Waals surface area contributed by atoms with Crippen molar-refractivity contribution in [3.8, 4) is 0 Å². The second-order valence-electron chi connectivity index (χ2n) is 7.51. The molecule has 0 spiro atoms. The van der Waals surface area contributed by atoms with Crippen LogP contribution in [0.2, 0.25) is 0 Å². The van der Waals surface area contributed by atoms with Gasteiger partial charge in [-0.2, -0.15) is 10.2 Å². The van der Waals surface area contributed by atoms with Gasteiger partial charge in [0.25, 0.3) is 0 Å². The van der Waals surface area contributed by atoms with Gasteiger partial charge in [0, 0.05) is 35.8 Å². The Labute approximate surface area is 223 Å². The van der Waals surface area contributed by atoms with E-state index < -0.39 is 0 Å². The van der Waals surface area contributed by atoms with Gasteiger partial charge in [-0.15, -0.1) is 0 Å². The van der Waals surface area contributed by atoms with E-state index in [1.54, 1.807) is 0 Å². The zero-order valence-corrected chi connectivity index (χ0v) is 25.2. The lowest BCUT2D eigenvalue weighted by Crippen LogP contribution is -2.11. The number of benzene rings is 2. The average Bonchev–Trinajstić information content (AvgIpc) is 3.38. The summed E-state index contributed by atoms with van der Waals surface area (Å²) in [5, 5.41) is 21.0. The van der Waals surface area contributed by atoms with Crippen molar-refractivity contribution in [2.24, 2.45) is 11.8 Å². The van der Waals surface area contributed by atoms with Gasteiger partial charge in [-0.05, 0) is 70.4 Å². The van der Waals surface area contributed by atoms with Crippen LogP contribution in [0.1, 0.15) is 13.8 Å². The van der Waals surface area contributed by atoms with E-state index >= 15 is 0 Å². The van der Waals surface area contributed by atoms with Gasteiger partial charge in [0.2, 0.25) is 0 Å². The number of alkyl halides is 1. The molecule has 4 rings (SSSR count). The third-order valence-electron chi connectivity index (χ3n) is 4.65. The van der Waals surface area contributed by atoms with Gasteiger partial charge < -0.3 is 5.11 Å². The highest BCUT2D eigenvalue weighted by atomic mass is 80.0. The van der Waals surface area contributed by atoms with Gasteiger partial charge in [0.05, 0.1) is 23.4 Å². The van der Waals surface area contributed by atoms with Crippen LogP contribution in [0.5, 0.6) is 0 Å². The summed E-state index contributed by atoms with van der Waals surface area (Å²) in [6.45, 7) is 6.17. The summed E-state index contributed by atoms with van der Waals surface area (Å²) < 4.78 is 3.83. The SMILES string of the molecule is BrP(Br)Br.C[C@H](CBr)Cn1ncc2ccccc21.C[C@H](CO)Cn1ncc2ccccc21. The molecule has 5 nitrogen and oxygen atoms in total. The van der Waals surface area contributed by atoms with E-state index in [1.807, 2.05) is 54.3 Å². The fourth-order valence-electron chi connectivity index (χ4n) is 3.04. The van der Waals surface area contributed by atoms with E-state index in [0.29, 0.717) is 5.92 Å². The van der Waals surface area contributed by atoms with Crippen molar-refractivity contribution in [1.29, 1.82) is 0 Å². The number of hydrogen-bond donors (Lipinski definition) is 1. The van der Waals surface area contributed by atoms with Gasteiger partial charge in [0.15, 0.2) is 0 Å². The molecular formula is C22H27Br4N4OP. The first-order valence-electron chi connectivity index (χ1n) is 10.1. The summed E-state index contributed by atoms with van der Waals surface area (Å²) >= 11 is 13.0. The van der Waals surface area contributed by atoms with Gasteiger partial charge >= 0.3 is 0 Å². The maximum absolute atomic E-state index is 8.96. The number of aliphatic hydroxyl groups excluding tert-OH is 1. The minimum atomic E-state index is -0.183. The predicted molar refractivity (Wildman–Crippen MR) is 152 cm³/mol. The summed E-state index contributed by atoms with van der Waals surface area (Å²) in [5.41, 5.74) is 2.35. The number of fused-ring (bicyclic) bond motifs is 2. The molecule has 0 bridgehead atoms. The fraction of sp³-hybridized carbons (Fsp3) is 0.364. The van der Waals surface area contributed by atoms with Crippen LogP contribution >= 0.6 is 66.4 Å². The van der Waals surface area contributed by atoms with Crippen LogP contribution in [0.4, 0.5) is 0 Å². The first-order valence-corrected chi connectivity index (χ1v) is 18.6. The van der Waals surface area contributed by atoms with Gasteiger partial charge in [-0.1, -0.05) is 66.2 Å². The normalized spacial score (nSPS) is 12.8. The Balaban J connectivity index is 0.000000195. The van der Waals surface area contributed by atoms with Crippen LogP contribution < -0.4 is 0 Å². The number of aliphatic hydroxyl groups is 1. The van der Waals surface area contributed by atoms with Crippen LogP contribution in [0.3, 0.4) is 0 Å². The molecule has 0 saturated heterocycles. The summed E-state index contributed by atoms with van der Waals surface area (Å²) in [6, 6.07) is 16.4. The molecule has 174 valence electrons. The van der Waals surface area contributed by atoms with Crippen molar-refractivity contribution in [2.75, 3.05) is 11.9 Å². The topological polar surface area (TPSA) is 55.9 Å². The molecule has 0 aliphatic rings. The van der Waals surface area contributed by atoms with Gasteiger partial charge in [0.1, 0.15) is 4.03 Å². The number of para-hydroxylation sites is 2. The van der Waals surface area contributed by atoms with Crippen LogP contribution in [-0.2, 0) is 13.1 Å². The Morgan fingerprint density at radius 1 is 0.812 bits per heavy atom. The number of aromatic nitrogens is 4. The quantitative estimate of drug-likeness (QED) is 0.162. The van der Waals surface area contributed by atoms with Crippen molar-refractivity contribution in [2.45, 2.75) is 26.9 Å². The molecule has 32 heavy (non-hydrogen) atoms.